The number of amides is 2. The maximum Gasteiger partial charge on any atom is 0.244 e. The third kappa shape index (κ3) is 8.09. The molecule has 1 atom stereocenters. The molecular weight excluding hydrogens is 509 g/mol. The smallest absolute Gasteiger partial charge is 0.244 e. The quantitative estimate of drug-likeness (QED) is 0.440. The Morgan fingerprint density at radius 3 is 2.28 bits per heavy atom. The van der Waals surface area contributed by atoms with Crippen molar-refractivity contribution in [1.82, 2.24) is 10.2 Å². The molecule has 2 amide bonds. The number of carbonyl (C=O) groups excluding carboxylic acids is 2. The number of methoxy groups -OCH3 is 1. The molecule has 0 saturated carbocycles. The first-order valence-corrected chi connectivity index (χ1v) is 13.7. The molecule has 0 aliphatic heterocycles. The van der Waals surface area contributed by atoms with Crippen molar-refractivity contribution >= 4 is 39.1 Å². The number of hydrogen-bond donors (Lipinski definition) is 1. The van der Waals surface area contributed by atoms with Crippen LogP contribution in [0.5, 0.6) is 5.75 Å². The lowest BCUT2D eigenvalue weighted by atomic mass is 10.1. The topological polar surface area (TPSA) is 96.0 Å². The van der Waals surface area contributed by atoms with E-state index in [2.05, 4.69) is 5.32 Å². The number of benzene rings is 2. The summed E-state index contributed by atoms with van der Waals surface area (Å²) in [5, 5.41) is 3.02. The largest absolute Gasteiger partial charge is 0.495 e. The van der Waals surface area contributed by atoms with Gasteiger partial charge >= 0.3 is 0 Å². The van der Waals surface area contributed by atoms with Gasteiger partial charge in [-0.3, -0.25) is 13.9 Å². The fraction of sp³-hybridized carbons (Fsp3) is 0.440. The highest BCUT2D eigenvalue weighted by Crippen LogP contribution is 2.30. The Labute approximate surface area is 217 Å². The van der Waals surface area contributed by atoms with E-state index in [1.54, 1.807) is 6.92 Å². The van der Waals surface area contributed by atoms with Gasteiger partial charge in [0.1, 0.15) is 24.2 Å². The first-order chi connectivity index (χ1) is 16.9. The van der Waals surface area contributed by atoms with Crippen molar-refractivity contribution in [3.8, 4) is 5.75 Å². The van der Waals surface area contributed by atoms with Crippen LogP contribution in [0.2, 0.25) is 5.02 Å². The van der Waals surface area contributed by atoms with E-state index in [4.69, 9.17) is 16.3 Å². The number of carbonyl (C=O) groups is 2. The maximum atomic E-state index is 13.6. The molecule has 1 N–H and O–H groups in total. The molecule has 0 saturated heterocycles. The minimum atomic E-state index is -3.90. The molecule has 0 aliphatic rings. The van der Waals surface area contributed by atoms with Crippen LogP contribution in [0.1, 0.15) is 32.8 Å². The summed E-state index contributed by atoms with van der Waals surface area (Å²) in [6.07, 6.45) is 1.28. The summed E-state index contributed by atoms with van der Waals surface area (Å²) < 4.78 is 44.8. The summed E-state index contributed by atoms with van der Waals surface area (Å²) in [6, 6.07) is 9.09. The minimum Gasteiger partial charge on any atom is -0.495 e. The van der Waals surface area contributed by atoms with Crippen molar-refractivity contribution < 1.29 is 27.1 Å². The van der Waals surface area contributed by atoms with Crippen molar-refractivity contribution in [2.45, 2.75) is 39.8 Å². The monoisotopic (exact) mass is 541 g/mol. The zero-order chi connectivity index (χ0) is 27.0. The number of sulfonamides is 1. The number of nitrogens with zero attached hydrogens (tertiary/aromatic N) is 2. The molecule has 0 unspecified atom stereocenters. The van der Waals surface area contributed by atoms with Crippen LogP contribution < -0.4 is 14.4 Å². The Balaban J connectivity index is 2.44. The van der Waals surface area contributed by atoms with Crippen LogP contribution in [-0.2, 0) is 26.2 Å². The lowest BCUT2D eigenvalue weighted by molar-refractivity contribution is -0.140. The average Bonchev–Trinajstić information content (AvgIpc) is 2.81. The van der Waals surface area contributed by atoms with Crippen molar-refractivity contribution in [1.29, 1.82) is 0 Å². The molecule has 8 nitrogen and oxygen atoms in total. The van der Waals surface area contributed by atoms with E-state index in [-0.39, 0.29) is 29.1 Å². The van der Waals surface area contributed by atoms with Gasteiger partial charge in [0.2, 0.25) is 21.8 Å². The molecule has 0 aromatic heterocycles. The number of rotatable bonds is 12. The summed E-state index contributed by atoms with van der Waals surface area (Å²) in [5.74, 6) is -0.819. The SMILES string of the molecule is CC[C@H](C(=O)NCC(C)C)N(Cc1ccc(F)cc1)C(=O)CN(c1ccc(OC)c(Cl)c1)S(C)(=O)=O. The van der Waals surface area contributed by atoms with Gasteiger partial charge in [0.05, 0.1) is 24.1 Å². The zero-order valence-corrected chi connectivity index (χ0v) is 22.7. The van der Waals surface area contributed by atoms with E-state index in [1.807, 2.05) is 13.8 Å². The highest BCUT2D eigenvalue weighted by molar-refractivity contribution is 7.92. The number of ether oxygens (including phenoxy) is 1. The second-order valence-electron chi connectivity index (χ2n) is 8.80. The zero-order valence-electron chi connectivity index (χ0n) is 21.1. The molecule has 0 fully saturated rings. The Morgan fingerprint density at radius 1 is 1.14 bits per heavy atom. The van der Waals surface area contributed by atoms with Gasteiger partial charge in [-0.2, -0.15) is 0 Å². The molecular formula is C25H33ClFN3O5S. The normalized spacial score (nSPS) is 12.2. The van der Waals surface area contributed by atoms with Gasteiger partial charge in [-0.15, -0.1) is 0 Å². The third-order valence-electron chi connectivity index (χ3n) is 5.44. The van der Waals surface area contributed by atoms with Crippen LogP contribution in [0.4, 0.5) is 10.1 Å². The van der Waals surface area contributed by atoms with Gasteiger partial charge < -0.3 is 15.0 Å². The van der Waals surface area contributed by atoms with E-state index in [0.29, 0.717) is 24.3 Å². The van der Waals surface area contributed by atoms with Crippen molar-refractivity contribution in [3.63, 3.8) is 0 Å². The van der Waals surface area contributed by atoms with E-state index < -0.39 is 34.3 Å². The van der Waals surface area contributed by atoms with Gasteiger partial charge in [-0.25, -0.2) is 12.8 Å². The number of anilines is 1. The molecule has 11 heteroatoms. The standard InChI is InChI=1S/C25H33ClFN3O5S/c1-6-22(25(32)28-14-17(2)3)29(15-18-7-9-19(27)10-8-18)24(31)16-30(36(5,33)34)20-11-12-23(35-4)21(26)13-20/h7-13,17,22H,6,14-16H2,1-5H3,(H,28,32)/t22-/m1/s1. The number of hydrogen-bond acceptors (Lipinski definition) is 5. The number of halogens is 2. The lowest BCUT2D eigenvalue weighted by Crippen LogP contribution is -2.52. The summed E-state index contributed by atoms with van der Waals surface area (Å²) in [5.41, 5.74) is 0.772. The summed E-state index contributed by atoms with van der Waals surface area (Å²) in [4.78, 5) is 27.9. The van der Waals surface area contributed by atoms with Crippen molar-refractivity contribution in [2.24, 2.45) is 5.92 Å². The summed E-state index contributed by atoms with van der Waals surface area (Å²) >= 11 is 6.19. The molecule has 36 heavy (non-hydrogen) atoms. The van der Waals surface area contributed by atoms with E-state index in [9.17, 15) is 22.4 Å². The fourth-order valence-electron chi connectivity index (χ4n) is 3.55. The van der Waals surface area contributed by atoms with E-state index >= 15 is 0 Å². The van der Waals surface area contributed by atoms with Crippen LogP contribution >= 0.6 is 11.6 Å². The molecule has 2 aromatic carbocycles. The van der Waals surface area contributed by atoms with Crippen LogP contribution in [0.3, 0.4) is 0 Å². The highest BCUT2D eigenvalue weighted by Gasteiger charge is 2.32. The fourth-order valence-corrected chi connectivity index (χ4v) is 4.65. The molecule has 0 bridgehead atoms. The Hall–Kier alpha value is -2.85. The Morgan fingerprint density at radius 2 is 1.78 bits per heavy atom. The summed E-state index contributed by atoms with van der Waals surface area (Å²) in [6.45, 7) is 5.53. The highest BCUT2D eigenvalue weighted by atomic mass is 35.5. The molecule has 198 valence electrons. The first-order valence-electron chi connectivity index (χ1n) is 11.5. The van der Waals surface area contributed by atoms with Crippen LogP contribution in [0.25, 0.3) is 0 Å². The molecule has 2 aromatic rings. The molecule has 0 spiro atoms. The van der Waals surface area contributed by atoms with Crippen molar-refractivity contribution in [2.75, 3.05) is 30.8 Å². The van der Waals surface area contributed by atoms with Crippen LogP contribution in [-0.4, -0.2) is 57.6 Å². The molecule has 2 rings (SSSR count). The predicted molar refractivity (Wildman–Crippen MR) is 139 cm³/mol. The van der Waals surface area contributed by atoms with Crippen LogP contribution in [0, 0.1) is 11.7 Å². The van der Waals surface area contributed by atoms with Gasteiger partial charge in [-0.05, 0) is 48.2 Å². The Bertz CT molecular complexity index is 1160. The van der Waals surface area contributed by atoms with Gasteiger partial charge in [-0.1, -0.05) is 44.5 Å². The van der Waals surface area contributed by atoms with Crippen LogP contribution in [0.15, 0.2) is 42.5 Å². The van der Waals surface area contributed by atoms with E-state index in [0.717, 1.165) is 10.6 Å². The van der Waals surface area contributed by atoms with Gasteiger partial charge in [0.15, 0.2) is 0 Å². The molecule has 0 radical (unpaired) electrons. The summed E-state index contributed by atoms with van der Waals surface area (Å²) in [7, 11) is -2.47. The van der Waals surface area contributed by atoms with E-state index in [1.165, 1.54) is 54.5 Å². The predicted octanol–water partition coefficient (Wildman–Crippen LogP) is 3.83. The maximum absolute atomic E-state index is 13.6. The Kier molecular flexibility index (Phi) is 10.5. The number of nitrogens with one attached hydrogen (secondary N) is 1. The average molecular weight is 542 g/mol. The van der Waals surface area contributed by atoms with Gasteiger partial charge in [0, 0.05) is 13.1 Å². The minimum absolute atomic E-state index is 0.00626. The van der Waals surface area contributed by atoms with Crippen molar-refractivity contribution in [3.05, 3.63) is 58.9 Å². The third-order valence-corrected chi connectivity index (χ3v) is 6.88. The molecule has 0 aliphatic carbocycles. The second kappa shape index (κ2) is 12.9. The second-order valence-corrected chi connectivity index (χ2v) is 11.1. The first kappa shape index (κ1) is 29.4. The van der Waals surface area contributed by atoms with Gasteiger partial charge in [0.25, 0.3) is 0 Å². The molecule has 0 heterocycles. The lowest BCUT2D eigenvalue weighted by Gasteiger charge is -2.33.